The van der Waals surface area contributed by atoms with Crippen molar-refractivity contribution in [3.63, 3.8) is 0 Å². The lowest BCUT2D eigenvalue weighted by atomic mass is 9.91. The van der Waals surface area contributed by atoms with Crippen LogP contribution in [-0.2, 0) is 16.1 Å². The van der Waals surface area contributed by atoms with Crippen LogP contribution >= 0.6 is 0 Å². The zero-order valence-corrected chi connectivity index (χ0v) is 11.3. The maximum absolute atomic E-state index is 13.2. The Balaban J connectivity index is 1.71. The van der Waals surface area contributed by atoms with Crippen molar-refractivity contribution in [3.8, 4) is 5.75 Å². The molecule has 1 aromatic carbocycles. The number of halogens is 1. The SMILES string of the molecule is OCc1cc(F)ccc1OC1CCOC2(CCOC2)C1. The van der Waals surface area contributed by atoms with Crippen LogP contribution in [0.15, 0.2) is 18.2 Å². The van der Waals surface area contributed by atoms with E-state index in [1.165, 1.54) is 12.1 Å². The maximum atomic E-state index is 13.2. The molecule has 0 aliphatic carbocycles. The van der Waals surface area contributed by atoms with E-state index < -0.39 is 0 Å². The number of benzene rings is 1. The average Bonchev–Trinajstić information content (AvgIpc) is 2.89. The van der Waals surface area contributed by atoms with E-state index in [9.17, 15) is 9.50 Å². The zero-order valence-electron chi connectivity index (χ0n) is 11.3. The van der Waals surface area contributed by atoms with Gasteiger partial charge in [0.1, 0.15) is 17.7 Å². The van der Waals surface area contributed by atoms with Crippen LogP contribution in [0.5, 0.6) is 5.75 Å². The summed E-state index contributed by atoms with van der Waals surface area (Å²) in [5.41, 5.74) is 0.260. The van der Waals surface area contributed by atoms with Gasteiger partial charge in [-0.2, -0.15) is 0 Å². The largest absolute Gasteiger partial charge is 0.490 e. The molecule has 2 unspecified atom stereocenters. The Labute approximate surface area is 117 Å². The third kappa shape index (κ3) is 2.80. The highest BCUT2D eigenvalue weighted by Gasteiger charge is 2.41. The molecule has 0 radical (unpaired) electrons. The van der Waals surface area contributed by atoms with Crippen molar-refractivity contribution in [2.24, 2.45) is 0 Å². The standard InChI is InChI=1S/C15H19FO4/c16-12-1-2-14(11(7-12)9-17)20-13-3-5-19-15(8-13)4-6-18-10-15/h1-2,7,13,17H,3-6,8-10H2. The molecular formula is C15H19FO4. The first-order chi connectivity index (χ1) is 9.71. The van der Waals surface area contributed by atoms with Gasteiger partial charge in [-0.15, -0.1) is 0 Å². The summed E-state index contributed by atoms with van der Waals surface area (Å²) in [5.74, 6) is 0.184. The fraction of sp³-hybridized carbons (Fsp3) is 0.600. The quantitative estimate of drug-likeness (QED) is 0.921. The molecule has 2 saturated heterocycles. The summed E-state index contributed by atoms with van der Waals surface area (Å²) < 4.78 is 30.4. The van der Waals surface area contributed by atoms with Crippen molar-refractivity contribution in [1.82, 2.24) is 0 Å². The molecule has 0 bridgehead atoms. The Morgan fingerprint density at radius 2 is 2.30 bits per heavy atom. The molecule has 2 heterocycles. The number of aliphatic hydroxyl groups is 1. The van der Waals surface area contributed by atoms with E-state index in [0.717, 1.165) is 25.9 Å². The summed E-state index contributed by atoms with van der Waals surface area (Å²) in [7, 11) is 0. The lowest BCUT2D eigenvalue weighted by Crippen LogP contribution is -2.44. The van der Waals surface area contributed by atoms with Gasteiger partial charge < -0.3 is 19.3 Å². The van der Waals surface area contributed by atoms with Crippen LogP contribution in [0, 0.1) is 5.82 Å². The minimum atomic E-state index is -0.367. The molecule has 2 aliphatic rings. The van der Waals surface area contributed by atoms with Crippen molar-refractivity contribution >= 4 is 0 Å². The Kier molecular flexibility index (Phi) is 3.92. The molecule has 20 heavy (non-hydrogen) atoms. The molecule has 2 fully saturated rings. The Bertz CT molecular complexity index is 471. The van der Waals surface area contributed by atoms with E-state index >= 15 is 0 Å². The molecule has 4 nitrogen and oxygen atoms in total. The second-order valence-electron chi connectivity index (χ2n) is 5.48. The molecule has 0 aromatic heterocycles. The van der Waals surface area contributed by atoms with Crippen molar-refractivity contribution in [2.45, 2.75) is 37.6 Å². The monoisotopic (exact) mass is 282 g/mol. The van der Waals surface area contributed by atoms with Gasteiger partial charge in [-0.1, -0.05) is 0 Å². The highest BCUT2D eigenvalue weighted by atomic mass is 19.1. The summed E-state index contributed by atoms with van der Waals surface area (Å²) in [6.07, 6.45) is 2.48. The van der Waals surface area contributed by atoms with Crippen molar-refractivity contribution in [1.29, 1.82) is 0 Å². The third-order valence-electron chi connectivity index (χ3n) is 4.00. The summed E-state index contributed by atoms with van der Waals surface area (Å²) in [6.45, 7) is 1.75. The number of ether oxygens (including phenoxy) is 3. The molecule has 1 N–H and O–H groups in total. The zero-order chi connectivity index (χ0) is 14.0. The van der Waals surface area contributed by atoms with Gasteiger partial charge in [-0.05, 0) is 18.2 Å². The van der Waals surface area contributed by atoms with E-state index in [-0.39, 0.29) is 24.1 Å². The maximum Gasteiger partial charge on any atom is 0.125 e. The summed E-state index contributed by atoms with van der Waals surface area (Å²) in [5, 5.41) is 9.29. The molecule has 0 saturated carbocycles. The van der Waals surface area contributed by atoms with Gasteiger partial charge in [0.05, 0.1) is 25.4 Å². The molecular weight excluding hydrogens is 263 g/mol. The predicted octanol–water partition coefficient (Wildman–Crippen LogP) is 2.03. The second-order valence-corrected chi connectivity index (χ2v) is 5.48. The molecule has 1 spiro atoms. The normalized spacial score (nSPS) is 29.8. The molecule has 2 aliphatic heterocycles. The molecule has 2 atom stereocenters. The lowest BCUT2D eigenvalue weighted by molar-refractivity contribution is -0.112. The number of rotatable bonds is 3. The van der Waals surface area contributed by atoms with E-state index in [0.29, 0.717) is 24.5 Å². The summed E-state index contributed by atoms with van der Waals surface area (Å²) in [6, 6.07) is 4.24. The molecule has 3 rings (SSSR count). The number of hydrogen-bond acceptors (Lipinski definition) is 4. The van der Waals surface area contributed by atoms with Gasteiger partial charge in [0.25, 0.3) is 0 Å². The third-order valence-corrected chi connectivity index (χ3v) is 4.00. The fourth-order valence-electron chi connectivity index (χ4n) is 2.91. The Hall–Kier alpha value is -1.17. The Morgan fingerprint density at radius 3 is 3.05 bits per heavy atom. The second kappa shape index (κ2) is 5.68. The van der Waals surface area contributed by atoms with Crippen LogP contribution in [0.4, 0.5) is 4.39 Å². The van der Waals surface area contributed by atoms with Crippen LogP contribution in [0.25, 0.3) is 0 Å². The van der Waals surface area contributed by atoms with E-state index in [4.69, 9.17) is 14.2 Å². The molecule has 1 aromatic rings. The Morgan fingerprint density at radius 1 is 1.40 bits per heavy atom. The lowest BCUT2D eigenvalue weighted by Gasteiger charge is -2.37. The van der Waals surface area contributed by atoms with Crippen LogP contribution in [0.3, 0.4) is 0 Å². The van der Waals surface area contributed by atoms with Gasteiger partial charge >= 0.3 is 0 Å². The highest BCUT2D eigenvalue weighted by Crippen LogP contribution is 2.35. The van der Waals surface area contributed by atoms with Gasteiger partial charge in [0.15, 0.2) is 0 Å². The van der Waals surface area contributed by atoms with Crippen LogP contribution in [0.1, 0.15) is 24.8 Å². The van der Waals surface area contributed by atoms with Crippen LogP contribution < -0.4 is 4.74 Å². The molecule has 110 valence electrons. The van der Waals surface area contributed by atoms with Crippen molar-refractivity contribution in [3.05, 3.63) is 29.6 Å². The molecule has 5 heteroatoms. The highest BCUT2D eigenvalue weighted by molar-refractivity contribution is 5.33. The van der Waals surface area contributed by atoms with E-state index in [1.807, 2.05) is 0 Å². The topological polar surface area (TPSA) is 47.9 Å². The van der Waals surface area contributed by atoms with Crippen molar-refractivity contribution in [2.75, 3.05) is 19.8 Å². The van der Waals surface area contributed by atoms with E-state index in [1.54, 1.807) is 6.07 Å². The minimum absolute atomic E-state index is 0.0150. The van der Waals surface area contributed by atoms with Gasteiger partial charge in [0, 0.05) is 31.4 Å². The van der Waals surface area contributed by atoms with E-state index in [2.05, 4.69) is 0 Å². The van der Waals surface area contributed by atoms with Crippen LogP contribution in [-0.4, -0.2) is 36.6 Å². The smallest absolute Gasteiger partial charge is 0.125 e. The average molecular weight is 282 g/mol. The molecule has 0 amide bonds. The van der Waals surface area contributed by atoms with Crippen LogP contribution in [0.2, 0.25) is 0 Å². The first-order valence-electron chi connectivity index (χ1n) is 6.98. The van der Waals surface area contributed by atoms with Gasteiger partial charge in [-0.3, -0.25) is 0 Å². The fourth-order valence-corrected chi connectivity index (χ4v) is 2.91. The number of hydrogen-bond donors (Lipinski definition) is 1. The minimum Gasteiger partial charge on any atom is -0.490 e. The van der Waals surface area contributed by atoms with Gasteiger partial charge in [-0.25, -0.2) is 4.39 Å². The van der Waals surface area contributed by atoms with Gasteiger partial charge in [0.2, 0.25) is 0 Å². The summed E-state index contributed by atoms with van der Waals surface area (Å²) >= 11 is 0. The van der Waals surface area contributed by atoms with Crippen molar-refractivity contribution < 1.29 is 23.7 Å². The summed E-state index contributed by atoms with van der Waals surface area (Å²) in [4.78, 5) is 0. The first kappa shape index (κ1) is 13.8. The first-order valence-corrected chi connectivity index (χ1v) is 6.98. The predicted molar refractivity (Wildman–Crippen MR) is 70.1 cm³/mol. The number of aliphatic hydroxyl groups excluding tert-OH is 1.